The van der Waals surface area contributed by atoms with Gasteiger partial charge in [0.1, 0.15) is 11.6 Å². The van der Waals surface area contributed by atoms with Crippen molar-refractivity contribution in [3.63, 3.8) is 0 Å². The van der Waals surface area contributed by atoms with Crippen molar-refractivity contribution in [3.05, 3.63) is 58.8 Å². The molecule has 0 aliphatic rings. The van der Waals surface area contributed by atoms with E-state index in [0.29, 0.717) is 35.4 Å². The van der Waals surface area contributed by atoms with Gasteiger partial charge in [0.2, 0.25) is 17.8 Å². The number of ether oxygens (including phenoxy) is 1. The molecule has 0 spiro atoms. The first-order chi connectivity index (χ1) is 14.4. The van der Waals surface area contributed by atoms with Crippen molar-refractivity contribution in [1.29, 1.82) is 0 Å². The highest BCUT2D eigenvalue weighted by atomic mass is 79.9. The molecular weight excluding hydrogens is 450 g/mol. The monoisotopic (exact) mass is 471 g/mol. The smallest absolute Gasteiger partial charge is 0.238 e. The fourth-order valence-corrected chi connectivity index (χ4v) is 3.11. The molecular formula is C20H22BrN7O2. The van der Waals surface area contributed by atoms with E-state index in [0.717, 1.165) is 4.47 Å². The molecule has 0 bridgehead atoms. The zero-order valence-corrected chi connectivity index (χ0v) is 18.2. The number of methoxy groups -OCH3 is 1. The van der Waals surface area contributed by atoms with Crippen molar-refractivity contribution in [1.82, 2.24) is 19.9 Å². The van der Waals surface area contributed by atoms with Crippen molar-refractivity contribution in [2.24, 2.45) is 0 Å². The highest BCUT2D eigenvalue weighted by molar-refractivity contribution is 9.10. The van der Waals surface area contributed by atoms with Crippen molar-refractivity contribution >= 4 is 45.1 Å². The third kappa shape index (κ3) is 5.88. The van der Waals surface area contributed by atoms with Gasteiger partial charge in [-0.05, 0) is 47.2 Å². The quantitative estimate of drug-likeness (QED) is 0.458. The van der Waals surface area contributed by atoms with Gasteiger partial charge >= 0.3 is 0 Å². The lowest BCUT2D eigenvalue weighted by Gasteiger charge is -2.16. The number of nitrogens with one attached hydrogen (secondary N) is 2. The van der Waals surface area contributed by atoms with E-state index in [4.69, 9.17) is 10.5 Å². The normalized spacial score (nSPS) is 10.7. The van der Waals surface area contributed by atoms with Gasteiger partial charge in [0.05, 0.1) is 31.6 Å². The Kier molecular flexibility index (Phi) is 7.15. The molecule has 156 valence electrons. The predicted molar refractivity (Wildman–Crippen MR) is 120 cm³/mol. The van der Waals surface area contributed by atoms with Gasteiger partial charge < -0.3 is 21.1 Å². The van der Waals surface area contributed by atoms with Gasteiger partial charge in [0.25, 0.3) is 0 Å². The molecule has 4 N–H and O–H groups in total. The minimum absolute atomic E-state index is 0.0865. The average Bonchev–Trinajstić information content (AvgIpc) is 2.69. The Labute approximate surface area is 182 Å². The Hall–Kier alpha value is -3.24. The first kappa shape index (κ1) is 21.5. The van der Waals surface area contributed by atoms with Crippen LogP contribution in [0.2, 0.25) is 0 Å². The molecule has 1 heterocycles. The zero-order valence-electron chi connectivity index (χ0n) is 16.6. The van der Waals surface area contributed by atoms with E-state index in [2.05, 4.69) is 41.5 Å². The summed E-state index contributed by atoms with van der Waals surface area (Å²) >= 11 is 3.41. The van der Waals surface area contributed by atoms with Crippen molar-refractivity contribution in [2.75, 3.05) is 37.1 Å². The maximum absolute atomic E-state index is 12.3. The molecule has 2 aromatic carbocycles. The van der Waals surface area contributed by atoms with Crippen LogP contribution in [-0.2, 0) is 11.3 Å². The number of halogens is 1. The Morgan fingerprint density at radius 2 is 1.80 bits per heavy atom. The third-order valence-electron chi connectivity index (χ3n) is 4.03. The molecule has 0 radical (unpaired) electrons. The molecule has 1 amide bonds. The van der Waals surface area contributed by atoms with E-state index in [1.165, 1.54) is 0 Å². The maximum Gasteiger partial charge on any atom is 0.238 e. The molecule has 3 aromatic rings. The number of anilines is 4. The largest absolute Gasteiger partial charge is 0.495 e. The predicted octanol–water partition coefficient (Wildman–Crippen LogP) is 3.04. The molecule has 0 aliphatic carbocycles. The highest BCUT2D eigenvalue weighted by Crippen LogP contribution is 2.25. The number of amides is 1. The molecule has 0 unspecified atom stereocenters. The number of nitrogen functional groups attached to an aromatic ring is 1. The molecule has 3 rings (SSSR count). The second-order valence-electron chi connectivity index (χ2n) is 6.46. The van der Waals surface area contributed by atoms with E-state index < -0.39 is 0 Å². The molecule has 0 fully saturated rings. The third-order valence-corrected chi connectivity index (χ3v) is 4.72. The zero-order chi connectivity index (χ0) is 21.5. The summed E-state index contributed by atoms with van der Waals surface area (Å²) in [6.07, 6.45) is 0. The molecule has 9 nitrogen and oxygen atoms in total. The maximum atomic E-state index is 12.3. The molecule has 0 saturated carbocycles. The summed E-state index contributed by atoms with van der Waals surface area (Å²) in [4.78, 5) is 26.8. The van der Waals surface area contributed by atoms with Crippen LogP contribution in [0.25, 0.3) is 0 Å². The number of nitrogens with two attached hydrogens (primary N) is 1. The van der Waals surface area contributed by atoms with Crippen LogP contribution in [0.5, 0.6) is 5.75 Å². The van der Waals surface area contributed by atoms with E-state index in [9.17, 15) is 4.79 Å². The van der Waals surface area contributed by atoms with Crippen LogP contribution in [0.1, 0.15) is 5.82 Å². The van der Waals surface area contributed by atoms with Crippen LogP contribution >= 0.6 is 15.9 Å². The lowest BCUT2D eigenvalue weighted by Crippen LogP contribution is -2.30. The number of carbonyl (C=O) groups is 1. The summed E-state index contributed by atoms with van der Waals surface area (Å²) < 4.78 is 6.14. The fourth-order valence-electron chi connectivity index (χ4n) is 2.73. The second kappa shape index (κ2) is 9.99. The Morgan fingerprint density at radius 3 is 2.53 bits per heavy atom. The van der Waals surface area contributed by atoms with Gasteiger partial charge in [-0.2, -0.15) is 15.0 Å². The summed E-state index contributed by atoms with van der Waals surface area (Å²) in [6.45, 7) is 0.471. The topological polar surface area (TPSA) is 118 Å². The number of rotatable bonds is 8. The number of para-hydroxylation sites is 3. The van der Waals surface area contributed by atoms with E-state index >= 15 is 0 Å². The van der Waals surface area contributed by atoms with Gasteiger partial charge in [0, 0.05) is 4.47 Å². The van der Waals surface area contributed by atoms with E-state index in [1.54, 1.807) is 19.1 Å². The number of nitrogens with zero attached hydrogens (tertiary/aromatic N) is 4. The molecule has 10 heteroatoms. The van der Waals surface area contributed by atoms with Crippen molar-refractivity contribution < 1.29 is 9.53 Å². The minimum Gasteiger partial charge on any atom is -0.495 e. The highest BCUT2D eigenvalue weighted by Gasteiger charge is 2.13. The summed E-state index contributed by atoms with van der Waals surface area (Å²) in [6, 6.07) is 14.8. The van der Waals surface area contributed by atoms with Gasteiger partial charge in [-0.3, -0.25) is 9.69 Å². The van der Waals surface area contributed by atoms with Crippen LogP contribution in [0.15, 0.2) is 53.0 Å². The van der Waals surface area contributed by atoms with Gasteiger partial charge in [-0.25, -0.2) is 0 Å². The molecule has 0 aliphatic heterocycles. The minimum atomic E-state index is -0.154. The van der Waals surface area contributed by atoms with Crippen molar-refractivity contribution in [3.8, 4) is 5.75 Å². The van der Waals surface area contributed by atoms with Gasteiger partial charge in [0.15, 0.2) is 0 Å². The lowest BCUT2D eigenvalue weighted by atomic mass is 10.3. The average molecular weight is 472 g/mol. The first-order valence-electron chi connectivity index (χ1n) is 9.08. The van der Waals surface area contributed by atoms with Crippen molar-refractivity contribution in [2.45, 2.75) is 6.54 Å². The number of hydrogen-bond donors (Lipinski definition) is 3. The van der Waals surface area contributed by atoms with Crippen LogP contribution in [0, 0.1) is 0 Å². The molecule has 30 heavy (non-hydrogen) atoms. The second-order valence-corrected chi connectivity index (χ2v) is 7.31. The van der Waals surface area contributed by atoms with E-state index in [-0.39, 0.29) is 18.4 Å². The molecule has 0 saturated heterocycles. The van der Waals surface area contributed by atoms with Crippen LogP contribution in [0.3, 0.4) is 0 Å². The standard InChI is InChI=1S/C20H22BrN7O2/c1-28(12-18(29)23-14-8-4-3-7-13(14)21)11-17-25-19(22)27-20(26-17)24-15-9-5-6-10-16(15)30-2/h3-10H,11-12H2,1-2H3,(H,23,29)(H3,22,24,25,26,27). The summed E-state index contributed by atoms with van der Waals surface area (Å²) in [5.41, 5.74) is 7.26. The van der Waals surface area contributed by atoms with Crippen LogP contribution < -0.4 is 21.1 Å². The van der Waals surface area contributed by atoms with Gasteiger partial charge in [-0.1, -0.05) is 24.3 Å². The number of hydrogen-bond acceptors (Lipinski definition) is 8. The number of benzene rings is 2. The Bertz CT molecular complexity index is 1030. The summed E-state index contributed by atoms with van der Waals surface area (Å²) in [5.74, 6) is 1.32. The SMILES string of the molecule is COc1ccccc1Nc1nc(N)nc(CN(C)CC(=O)Nc2ccccc2Br)n1. The van der Waals surface area contributed by atoms with Gasteiger partial charge in [-0.15, -0.1) is 0 Å². The summed E-state index contributed by atoms with van der Waals surface area (Å²) in [5, 5.41) is 5.95. The first-order valence-corrected chi connectivity index (χ1v) is 9.87. The number of aromatic nitrogens is 3. The van der Waals surface area contributed by atoms with E-state index in [1.807, 2.05) is 48.5 Å². The van der Waals surface area contributed by atoms with Crippen LogP contribution in [0.4, 0.5) is 23.3 Å². The van der Waals surface area contributed by atoms with Crippen LogP contribution in [-0.4, -0.2) is 46.5 Å². The molecule has 1 aromatic heterocycles. The Morgan fingerprint density at radius 1 is 1.10 bits per heavy atom. The lowest BCUT2D eigenvalue weighted by molar-refractivity contribution is -0.117. The fraction of sp³-hybridized carbons (Fsp3) is 0.200. The number of likely N-dealkylation sites (N-methyl/N-ethyl adjacent to an activating group) is 1. The summed E-state index contributed by atoms with van der Waals surface area (Å²) in [7, 11) is 3.38. The number of carbonyl (C=O) groups excluding carboxylic acids is 1. The molecule has 0 atom stereocenters. The Balaban J connectivity index is 1.64.